The highest BCUT2D eigenvalue weighted by Gasteiger charge is 2.09. The molecule has 0 amide bonds. The van der Waals surface area contributed by atoms with Crippen molar-refractivity contribution < 1.29 is 0 Å². The number of hydrogen-bond acceptors (Lipinski definition) is 3. The van der Waals surface area contributed by atoms with E-state index in [9.17, 15) is 0 Å². The lowest BCUT2D eigenvalue weighted by atomic mass is 10.3. The van der Waals surface area contributed by atoms with Crippen LogP contribution in [0.1, 0.15) is 11.3 Å². The number of rotatable bonds is 1. The van der Waals surface area contributed by atoms with Gasteiger partial charge in [-0.1, -0.05) is 23.2 Å². The first-order valence-electron chi connectivity index (χ1n) is 4.34. The summed E-state index contributed by atoms with van der Waals surface area (Å²) >= 11 is 13.3. The first kappa shape index (κ1) is 10.9. The molecule has 0 unspecified atom stereocenters. The second kappa shape index (κ2) is 4.08. The van der Waals surface area contributed by atoms with E-state index in [2.05, 4.69) is 9.97 Å². The van der Waals surface area contributed by atoms with Crippen molar-refractivity contribution in [3.05, 3.63) is 32.9 Å². The van der Waals surface area contributed by atoms with Crippen molar-refractivity contribution in [2.45, 2.75) is 13.8 Å². The Bertz CT molecular complexity index is 485. The minimum absolute atomic E-state index is 0.502. The lowest BCUT2D eigenvalue weighted by Crippen LogP contribution is -1.95. The topological polar surface area (TPSA) is 25.8 Å². The zero-order chi connectivity index (χ0) is 11.0. The summed E-state index contributed by atoms with van der Waals surface area (Å²) in [6.07, 6.45) is 0. The van der Waals surface area contributed by atoms with Crippen LogP contribution in [0, 0.1) is 13.8 Å². The molecule has 0 spiro atoms. The number of halogens is 2. The zero-order valence-electron chi connectivity index (χ0n) is 8.21. The van der Waals surface area contributed by atoms with Crippen LogP contribution in [-0.2, 0) is 0 Å². The highest BCUT2D eigenvalue weighted by atomic mass is 35.5. The first-order valence-corrected chi connectivity index (χ1v) is 5.91. The van der Waals surface area contributed by atoms with Crippen LogP contribution >= 0.6 is 34.5 Å². The molecule has 5 heteroatoms. The summed E-state index contributed by atoms with van der Waals surface area (Å²) in [5.41, 5.74) is 1.82. The van der Waals surface area contributed by atoms with E-state index in [0.29, 0.717) is 11.0 Å². The summed E-state index contributed by atoms with van der Waals surface area (Å²) in [4.78, 5) is 9.53. The number of thiophene rings is 1. The SMILES string of the molecule is Cc1nc(-c2ccc(Cl)s2)nc(Cl)c1C. The lowest BCUT2D eigenvalue weighted by Gasteiger charge is -2.03. The van der Waals surface area contributed by atoms with Crippen LogP contribution in [-0.4, -0.2) is 9.97 Å². The molecule has 2 nitrogen and oxygen atoms in total. The van der Waals surface area contributed by atoms with Crippen molar-refractivity contribution in [1.82, 2.24) is 9.97 Å². The van der Waals surface area contributed by atoms with Gasteiger partial charge < -0.3 is 0 Å². The predicted octanol–water partition coefficient (Wildman–Crippen LogP) is 4.13. The van der Waals surface area contributed by atoms with Gasteiger partial charge in [0.05, 0.1) is 9.21 Å². The van der Waals surface area contributed by atoms with Gasteiger partial charge >= 0.3 is 0 Å². The van der Waals surface area contributed by atoms with Gasteiger partial charge in [-0.2, -0.15) is 0 Å². The van der Waals surface area contributed by atoms with Gasteiger partial charge in [0, 0.05) is 11.3 Å². The molecule has 2 aromatic rings. The molecular formula is C10H8Cl2N2S. The minimum atomic E-state index is 0.502. The highest BCUT2D eigenvalue weighted by Crippen LogP contribution is 2.30. The molecule has 0 aromatic carbocycles. The average Bonchev–Trinajstić information content (AvgIpc) is 2.60. The maximum absolute atomic E-state index is 6.00. The summed E-state index contributed by atoms with van der Waals surface area (Å²) in [7, 11) is 0. The third kappa shape index (κ3) is 2.14. The molecular weight excluding hydrogens is 251 g/mol. The number of hydrogen-bond donors (Lipinski definition) is 0. The molecule has 0 fully saturated rings. The molecule has 0 saturated carbocycles. The third-order valence-corrected chi connectivity index (χ3v) is 3.72. The van der Waals surface area contributed by atoms with Crippen LogP contribution in [0.5, 0.6) is 0 Å². The average molecular weight is 259 g/mol. The molecule has 0 bridgehead atoms. The van der Waals surface area contributed by atoms with E-state index >= 15 is 0 Å². The Morgan fingerprint density at radius 1 is 1.13 bits per heavy atom. The maximum Gasteiger partial charge on any atom is 0.171 e. The predicted molar refractivity (Wildman–Crippen MR) is 64.8 cm³/mol. The molecule has 0 aliphatic carbocycles. The molecule has 15 heavy (non-hydrogen) atoms. The summed E-state index contributed by atoms with van der Waals surface area (Å²) < 4.78 is 0.725. The van der Waals surface area contributed by atoms with E-state index in [1.54, 1.807) is 0 Å². The Morgan fingerprint density at radius 2 is 1.87 bits per heavy atom. The normalized spacial score (nSPS) is 10.7. The molecule has 2 heterocycles. The van der Waals surface area contributed by atoms with Gasteiger partial charge in [0.1, 0.15) is 5.15 Å². The van der Waals surface area contributed by atoms with Crippen LogP contribution in [0.2, 0.25) is 9.49 Å². The Morgan fingerprint density at radius 3 is 2.40 bits per heavy atom. The van der Waals surface area contributed by atoms with Crippen LogP contribution in [0.25, 0.3) is 10.7 Å². The van der Waals surface area contributed by atoms with Gasteiger partial charge in [0.15, 0.2) is 5.82 Å². The Balaban J connectivity index is 2.55. The van der Waals surface area contributed by atoms with Crippen LogP contribution in [0.3, 0.4) is 0 Å². The van der Waals surface area contributed by atoms with Gasteiger partial charge in [-0.25, -0.2) is 9.97 Å². The molecule has 78 valence electrons. The Kier molecular flexibility index (Phi) is 2.96. The van der Waals surface area contributed by atoms with E-state index in [-0.39, 0.29) is 0 Å². The van der Waals surface area contributed by atoms with Crippen LogP contribution in [0.4, 0.5) is 0 Å². The number of nitrogens with zero attached hydrogens (tertiary/aromatic N) is 2. The molecule has 0 aliphatic heterocycles. The first-order chi connectivity index (χ1) is 7.08. The molecule has 0 saturated heterocycles. The van der Waals surface area contributed by atoms with Gasteiger partial charge in [0.2, 0.25) is 0 Å². The van der Waals surface area contributed by atoms with Crippen molar-refractivity contribution in [3.8, 4) is 10.7 Å². The fraction of sp³-hybridized carbons (Fsp3) is 0.200. The summed E-state index contributed by atoms with van der Waals surface area (Å²) in [5, 5.41) is 0.502. The van der Waals surface area contributed by atoms with Crippen molar-refractivity contribution in [2.24, 2.45) is 0 Å². The fourth-order valence-electron chi connectivity index (χ4n) is 1.14. The number of aromatic nitrogens is 2. The second-order valence-electron chi connectivity index (χ2n) is 3.15. The summed E-state index contributed by atoms with van der Waals surface area (Å²) in [5.74, 6) is 0.639. The second-order valence-corrected chi connectivity index (χ2v) is 5.23. The van der Waals surface area contributed by atoms with E-state index in [4.69, 9.17) is 23.2 Å². The Hall–Kier alpha value is -0.640. The van der Waals surface area contributed by atoms with Crippen LogP contribution < -0.4 is 0 Å². The fourth-order valence-corrected chi connectivity index (χ4v) is 2.33. The van der Waals surface area contributed by atoms with Crippen molar-refractivity contribution >= 4 is 34.5 Å². The highest BCUT2D eigenvalue weighted by molar-refractivity contribution is 7.19. The van der Waals surface area contributed by atoms with Crippen molar-refractivity contribution in [2.75, 3.05) is 0 Å². The monoisotopic (exact) mass is 258 g/mol. The molecule has 2 aromatic heterocycles. The van der Waals surface area contributed by atoms with E-state index in [1.807, 2.05) is 26.0 Å². The molecule has 0 radical (unpaired) electrons. The van der Waals surface area contributed by atoms with Crippen molar-refractivity contribution in [1.29, 1.82) is 0 Å². The standard InChI is InChI=1S/C10H8Cl2N2S/c1-5-6(2)13-10(14-9(5)12)7-3-4-8(11)15-7/h3-4H,1-2H3. The summed E-state index contributed by atoms with van der Waals surface area (Å²) in [6, 6.07) is 3.72. The van der Waals surface area contributed by atoms with Gasteiger partial charge in [0.25, 0.3) is 0 Å². The Labute approximate surface area is 102 Å². The molecule has 0 aliphatic rings. The molecule has 2 rings (SSSR count). The minimum Gasteiger partial charge on any atom is -0.232 e. The van der Waals surface area contributed by atoms with E-state index in [1.165, 1.54) is 11.3 Å². The largest absolute Gasteiger partial charge is 0.232 e. The third-order valence-electron chi connectivity index (χ3n) is 2.12. The summed E-state index contributed by atoms with van der Waals surface area (Å²) in [6.45, 7) is 3.82. The lowest BCUT2D eigenvalue weighted by molar-refractivity contribution is 1.08. The van der Waals surface area contributed by atoms with E-state index < -0.39 is 0 Å². The zero-order valence-corrected chi connectivity index (χ0v) is 10.5. The van der Waals surface area contributed by atoms with E-state index in [0.717, 1.165) is 20.5 Å². The number of aryl methyl sites for hydroxylation is 1. The van der Waals surface area contributed by atoms with Gasteiger partial charge in [-0.15, -0.1) is 11.3 Å². The maximum atomic E-state index is 6.00. The van der Waals surface area contributed by atoms with Crippen molar-refractivity contribution in [3.63, 3.8) is 0 Å². The molecule has 0 N–H and O–H groups in total. The molecule has 0 atom stereocenters. The smallest absolute Gasteiger partial charge is 0.171 e. The quantitative estimate of drug-likeness (QED) is 0.719. The van der Waals surface area contributed by atoms with Gasteiger partial charge in [-0.3, -0.25) is 0 Å². The van der Waals surface area contributed by atoms with Crippen LogP contribution in [0.15, 0.2) is 12.1 Å². The van der Waals surface area contributed by atoms with Gasteiger partial charge in [-0.05, 0) is 26.0 Å².